The van der Waals surface area contributed by atoms with Crippen molar-refractivity contribution < 1.29 is 32.7 Å². The molecule has 0 bridgehead atoms. The zero-order valence-corrected chi connectivity index (χ0v) is 20.9. The van der Waals surface area contributed by atoms with Gasteiger partial charge in [0.05, 0.1) is 18.6 Å². The van der Waals surface area contributed by atoms with E-state index in [2.05, 4.69) is 10.6 Å². The minimum Gasteiger partial charge on any atom is -0.497 e. The fraction of sp³-hybridized carbons (Fsp3) is 0.600. The van der Waals surface area contributed by atoms with Gasteiger partial charge in [0, 0.05) is 31.7 Å². The second-order valence-electron chi connectivity index (χ2n) is 10.1. The molecule has 1 aliphatic carbocycles. The highest BCUT2D eigenvalue weighted by Crippen LogP contribution is 2.43. The summed E-state index contributed by atoms with van der Waals surface area (Å²) < 4.78 is 32.5. The summed E-state index contributed by atoms with van der Waals surface area (Å²) in [7, 11) is 1.58. The quantitative estimate of drug-likeness (QED) is 0.541. The lowest BCUT2D eigenvalue weighted by Gasteiger charge is -2.36. The highest BCUT2D eigenvalue weighted by atomic mass is 19.3. The molecule has 1 aromatic rings. The van der Waals surface area contributed by atoms with E-state index in [4.69, 9.17) is 14.8 Å². The average Bonchev–Trinajstić information content (AvgIpc) is 3.57. The number of hydroxylamine groups is 2. The van der Waals surface area contributed by atoms with Crippen LogP contribution in [0.4, 0.5) is 19.3 Å². The van der Waals surface area contributed by atoms with Crippen molar-refractivity contribution in [2.45, 2.75) is 63.0 Å². The number of piperidine rings is 1. The maximum atomic E-state index is 13.7. The number of alkyl halides is 2. The molecular formula is C25H31F2N5O5. The molecule has 1 atom stereocenters. The number of benzene rings is 1. The van der Waals surface area contributed by atoms with Gasteiger partial charge < -0.3 is 25.1 Å². The SMILES string of the molecule is COc1ccc(N2CCC3(CCN(OC(=O)N[C@@H](CC(C)(F)F)C(=O)NC4(C#N)CC4)CC3)C2=O)cc1. The van der Waals surface area contributed by atoms with E-state index in [0.717, 1.165) is 5.69 Å². The number of amides is 3. The average molecular weight is 520 g/mol. The third-order valence-electron chi connectivity index (χ3n) is 7.29. The fourth-order valence-electron chi connectivity index (χ4n) is 4.86. The largest absolute Gasteiger partial charge is 0.497 e. The Kier molecular flexibility index (Phi) is 7.28. The van der Waals surface area contributed by atoms with Gasteiger partial charge in [-0.25, -0.2) is 13.6 Å². The number of anilines is 1. The van der Waals surface area contributed by atoms with Crippen LogP contribution in [0, 0.1) is 16.7 Å². The Balaban J connectivity index is 1.31. The van der Waals surface area contributed by atoms with Crippen LogP contribution < -0.4 is 20.3 Å². The summed E-state index contributed by atoms with van der Waals surface area (Å²) in [5.74, 6) is -3.36. The van der Waals surface area contributed by atoms with E-state index in [1.807, 2.05) is 18.2 Å². The van der Waals surface area contributed by atoms with Crippen molar-refractivity contribution in [3.8, 4) is 11.8 Å². The van der Waals surface area contributed by atoms with Gasteiger partial charge in [0.15, 0.2) is 0 Å². The first-order chi connectivity index (χ1) is 17.5. The van der Waals surface area contributed by atoms with Crippen LogP contribution >= 0.6 is 0 Å². The summed E-state index contributed by atoms with van der Waals surface area (Å²) in [4.78, 5) is 45.3. The molecule has 0 unspecified atom stereocenters. The lowest BCUT2D eigenvalue weighted by atomic mass is 9.77. The predicted octanol–water partition coefficient (Wildman–Crippen LogP) is 2.74. The van der Waals surface area contributed by atoms with Crippen LogP contribution in [0.15, 0.2) is 24.3 Å². The number of nitrogens with zero attached hydrogens (tertiary/aromatic N) is 3. The molecule has 2 saturated heterocycles. The number of ether oxygens (including phenoxy) is 1. The van der Waals surface area contributed by atoms with Gasteiger partial charge in [0.1, 0.15) is 17.3 Å². The van der Waals surface area contributed by atoms with Gasteiger partial charge in [0.2, 0.25) is 17.7 Å². The Morgan fingerprint density at radius 2 is 1.76 bits per heavy atom. The van der Waals surface area contributed by atoms with Crippen molar-refractivity contribution in [2.24, 2.45) is 5.41 Å². The zero-order chi connectivity index (χ0) is 26.8. The molecule has 0 radical (unpaired) electrons. The lowest BCUT2D eigenvalue weighted by molar-refractivity contribution is -0.147. The molecule has 0 aromatic heterocycles. The van der Waals surface area contributed by atoms with Crippen LogP contribution in [-0.2, 0) is 14.4 Å². The molecule has 2 N–H and O–H groups in total. The van der Waals surface area contributed by atoms with Crippen molar-refractivity contribution in [1.82, 2.24) is 15.7 Å². The smallest absolute Gasteiger partial charge is 0.426 e. The van der Waals surface area contributed by atoms with Gasteiger partial charge in [-0.2, -0.15) is 5.26 Å². The van der Waals surface area contributed by atoms with Crippen LogP contribution in [0.5, 0.6) is 5.75 Å². The van der Waals surface area contributed by atoms with Crippen LogP contribution in [-0.4, -0.2) is 67.2 Å². The van der Waals surface area contributed by atoms with E-state index in [1.54, 1.807) is 24.1 Å². The molecule has 1 spiro atoms. The van der Waals surface area contributed by atoms with Crippen molar-refractivity contribution in [2.75, 3.05) is 31.6 Å². The Bertz CT molecular complexity index is 1070. The van der Waals surface area contributed by atoms with Crippen LogP contribution in [0.2, 0.25) is 0 Å². The number of halogens is 2. The first kappa shape index (κ1) is 26.6. The summed E-state index contributed by atoms with van der Waals surface area (Å²) in [5.41, 5.74) is -0.820. The first-order valence-electron chi connectivity index (χ1n) is 12.3. The Hall–Kier alpha value is -3.46. The van der Waals surface area contributed by atoms with Gasteiger partial charge in [0.25, 0.3) is 0 Å². The van der Waals surface area contributed by atoms with E-state index in [1.165, 1.54) is 5.06 Å². The molecule has 12 heteroatoms. The molecule has 4 rings (SSSR count). The number of nitrogens with one attached hydrogen (secondary N) is 2. The summed E-state index contributed by atoms with van der Waals surface area (Å²) in [6.45, 7) is 1.80. The van der Waals surface area contributed by atoms with Crippen LogP contribution in [0.1, 0.15) is 45.4 Å². The first-order valence-corrected chi connectivity index (χ1v) is 12.3. The summed E-state index contributed by atoms with van der Waals surface area (Å²) in [5, 5.41) is 15.2. The number of carbonyl (C=O) groups excluding carboxylic acids is 3. The minimum atomic E-state index is -3.23. The van der Waals surface area contributed by atoms with E-state index in [9.17, 15) is 23.2 Å². The Labute approximate surface area is 213 Å². The normalized spacial score (nSPS) is 21.2. The number of rotatable bonds is 8. The van der Waals surface area contributed by atoms with Crippen molar-refractivity contribution in [3.63, 3.8) is 0 Å². The van der Waals surface area contributed by atoms with Crippen molar-refractivity contribution in [1.29, 1.82) is 5.26 Å². The van der Waals surface area contributed by atoms with E-state index in [0.29, 0.717) is 51.3 Å². The summed E-state index contributed by atoms with van der Waals surface area (Å²) in [6, 6.07) is 7.67. The summed E-state index contributed by atoms with van der Waals surface area (Å²) >= 11 is 0. The fourth-order valence-corrected chi connectivity index (χ4v) is 4.86. The molecular weight excluding hydrogens is 488 g/mol. The maximum Gasteiger partial charge on any atom is 0.426 e. The van der Waals surface area contributed by atoms with Crippen LogP contribution in [0.25, 0.3) is 0 Å². The molecule has 2 aliphatic heterocycles. The number of nitriles is 1. The lowest BCUT2D eigenvalue weighted by Crippen LogP contribution is -2.53. The monoisotopic (exact) mass is 519 g/mol. The van der Waals surface area contributed by atoms with Crippen LogP contribution in [0.3, 0.4) is 0 Å². The van der Waals surface area contributed by atoms with Gasteiger partial charge in [-0.3, -0.25) is 9.59 Å². The number of hydrogen-bond acceptors (Lipinski definition) is 7. The Morgan fingerprint density at radius 3 is 2.30 bits per heavy atom. The van der Waals surface area contributed by atoms with Gasteiger partial charge in [-0.05, 0) is 63.3 Å². The molecule has 37 heavy (non-hydrogen) atoms. The molecule has 3 aliphatic rings. The van der Waals surface area contributed by atoms with E-state index < -0.39 is 41.3 Å². The Morgan fingerprint density at radius 1 is 1.14 bits per heavy atom. The minimum absolute atomic E-state index is 0.0233. The number of methoxy groups -OCH3 is 1. The molecule has 10 nitrogen and oxygen atoms in total. The third-order valence-corrected chi connectivity index (χ3v) is 7.29. The number of carbonyl (C=O) groups is 3. The van der Waals surface area contributed by atoms with Gasteiger partial charge in [-0.1, -0.05) is 0 Å². The van der Waals surface area contributed by atoms with Gasteiger partial charge >= 0.3 is 6.09 Å². The maximum absolute atomic E-state index is 13.7. The molecule has 1 saturated carbocycles. The molecule has 200 valence electrons. The molecule has 2 heterocycles. The molecule has 1 aromatic carbocycles. The molecule has 3 amide bonds. The molecule has 3 fully saturated rings. The van der Waals surface area contributed by atoms with Crippen molar-refractivity contribution >= 4 is 23.6 Å². The predicted molar refractivity (Wildman–Crippen MR) is 128 cm³/mol. The third kappa shape index (κ3) is 6.10. The van der Waals surface area contributed by atoms with Gasteiger partial charge in [-0.15, -0.1) is 5.06 Å². The van der Waals surface area contributed by atoms with E-state index >= 15 is 0 Å². The number of hydrogen-bond donors (Lipinski definition) is 2. The second-order valence-corrected chi connectivity index (χ2v) is 10.1. The highest BCUT2D eigenvalue weighted by Gasteiger charge is 2.49. The summed E-state index contributed by atoms with van der Waals surface area (Å²) in [6.07, 6.45) is 0.485. The van der Waals surface area contributed by atoms with E-state index in [-0.39, 0.29) is 19.0 Å². The topological polar surface area (TPSA) is 124 Å². The highest BCUT2D eigenvalue weighted by molar-refractivity contribution is 6.00. The van der Waals surface area contributed by atoms with Crippen molar-refractivity contribution in [3.05, 3.63) is 24.3 Å². The second kappa shape index (κ2) is 10.1. The standard InChI is InChI=1S/C25H31F2N5O5/c1-23(26,27)15-19(20(33)30-25(16-28)7-8-25)29-22(35)37-31-12-9-24(10-13-31)11-14-32(21(24)34)17-3-5-18(36-2)6-4-17/h3-6,19H,7-15H2,1-2H3,(H,29,35)(H,30,33)/t19-/m0/s1. The zero-order valence-electron chi connectivity index (χ0n) is 20.9.